The summed E-state index contributed by atoms with van der Waals surface area (Å²) in [6.07, 6.45) is 0.305. The Kier molecular flexibility index (Phi) is 3.86. The van der Waals surface area contributed by atoms with E-state index >= 15 is 0 Å². The van der Waals surface area contributed by atoms with Gasteiger partial charge in [-0.1, -0.05) is 19.1 Å². The van der Waals surface area contributed by atoms with Gasteiger partial charge >= 0.3 is 0 Å². The van der Waals surface area contributed by atoms with Crippen LogP contribution in [0.4, 0.5) is 4.39 Å². The number of ketones is 1. The minimum Gasteiger partial charge on any atom is -0.488 e. The number of carbonyl (C=O) groups excluding carboxylic acids is 2. The predicted molar refractivity (Wildman–Crippen MR) is 83.1 cm³/mol. The van der Waals surface area contributed by atoms with Crippen molar-refractivity contribution in [3.63, 3.8) is 0 Å². The van der Waals surface area contributed by atoms with Crippen molar-refractivity contribution in [2.75, 3.05) is 0 Å². The first-order chi connectivity index (χ1) is 11.0. The van der Waals surface area contributed by atoms with Crippen LogP contribution in [0.2, 0.25) is 0 Å². The fraction of sp³-hybridized carbons (Fsp3) is 0.222. The third-order valence-corrected chi connectivity index (χ3v) is 4.05. The predicted octanol–water partition coefficient (Wildman–Crippen LogP) is 3.19. The van der Waals surface area contributed by atoms with Gasteiger partial charge in [-0.3, -0.25) is 9.59 Å². The number of hydrogen-bond acceptors (Lipinski definition) is 3. The quantitative estimate of drug-likeness (QED) is 0.942. The van der Waals surface area contributed by atoms with Gasteiger partial charge in [-0.2, -0.15) is 0 Å². The zero-order chi connectivity index (χ0) is 16.6. The van der Waals surface area contributed by atoms with Crippen LogP contribution in [0.15, 0.2) is 36.4 Å². The molecule has 1 atom stereocenters. The SMILES string of the molecule is CC1CC(=O)c2c(OCc3ccc(C(N)=O)cc3)ccc(F)c21. The highest BCUT2D eigenvalue weighted by Crippen LogP contribution is 2.39. The van der Waals surface area contributed by atoms with E-state index in [1.54, 1.807) is 24.3 Å². The van der Waals surface area contributed by atoms with Crippen molar-refractivity contribution in [2.24, 2.45) is 5.73 Å². The fourth-order valence-corrected chi connectivity index (χ4v) is 2.87. The maximum atomic E-state index is 13.9. The summed E-state index contributed by atoms with van der Waals surface area (Å²) < 4.78 is 19.6. The number of hydrogen-bond donors (Lipinski definition) is 1. The van der Waals surface area contributed by atoms with E-state index in [1.807, 2.05) is 6.92 Å². The number of amides is 1. The van der Waals surface area contributed by atoms with Gasteiger partial charge in [0.25, 0.3) is 0 Å². The zero-order valence-corrected chi connectivity index (χ0v) is 12.6. The van der Waals surface area contributed by atoms with E-state index in [0.717, 1.165) is 5.56 Å². The third kappa shape index (κ3) is 2.82. The average molecular weight is 313 g/mol. The van der Waals surface area contributed by atoms with E-state index in [2.05, 4.69) is 0 Å². The number of Topliss-reactive ketones (excluding diaryl/α,β-unsaturated/α-hetero) is 1. The minimum atomic E-state index is -0.492. The van der Waals surface area contributed by atoms with Crippen LogP contribution in [0, 0.1) is 5.82 Å². The summed E-state index contributed by atoms with van der Waals surface area (Å²) in [4.78, 5) is 23.1. The summed E-state index contributed by atoms with van der Waals surface area (Å²) in [7, 11) is 0. The van der Waals surface area contributed by atoms with Gasteiger partial charge in [0, 0.05) is 17.5 Å². The summed E-state index contributed by atoms with van der Waals surface area (Å²) >= 11 is 0. The topological polar surface area (TPSA) is 69.4 Å². The summed E-state index contributed by atoms with van der Waals surface area (Å²) in [6.45, 7) is 2.05. The second-order valence-corrected chi connectivity index (χ2v) is 5.71. The maximum Gasteiger partial charge on any atom is 0.248 e. The van der Waals surface area contributed by atoms with E-state index in [0.29, 0.717) is 28.9 Å². The molecule has 3 rings (SSSR count). The Labute approximate surface area is 133 Å². The van der Waals surface area contributed by atoms with Crippen LogP contribution < -0.4 is 10.5 Å². The summed E-state index contributed by atoms with van der Waals surface area (Å²) in [5.74, 6) is -0.679. The van der Waals surface area contributed by atoms with E-state index in [9.17, 15) is 14.0 Å². The van der Waals surface area contributed by atoms with Crippen LogP contribution in [-0.4, -0.2) is 11.7 Å². The summed E-state index contributed by atoms with van der Waals surface area (Å²) in [5.41, 5.74) is 7.23. The maximum absolute atomic E-state index is 13.9. The number of carbonyl (C=O) groups is 2. The van der Waals surface area contributed by atoms with Crippen molar-refractivity contribution < 1.29 is 18.7 Å². The molecule has 1 amide bonds. The average Bonchev–Trinajstić information content (AvgIpc) is 2.83. The van der Waals surface area contributed by atoms with Crippen molar-refractivity contribution in [3.8, 4) is 5.75 Å². The van der Waals surface area contributed by atoms with Crippen LogP contribution >= 0.6 is 0 Å². The molecule has 1 aliphatic rings. The van der Waals surface area contributed by atoms with Crippen molar-refractivity contribution in [1.82, 2.24) is 0 Å². The first kappa shape index (κ1) is 15.2. The van der Waals surface area contributed by atoms with Crippen LogP contribution in [-0.2, 0) is 6.61 Å². The molecule has 0 bridgehead atoms. The van der Waals surface area contributed by atoms with Crippen LogP contribution in [0.3, 0.4) is 0 Å². The number of primary amides is 1. The van der Waals surface area contributed by atoms with Gasteiger partial charge in [0.05, 0.1) is 5.56 Å². The summed E-state index contributed by atoms with van der Waals surface area (Å²) in [6, 6.07) is 9.51. The van der Waals surface area contributed by atoms with Gasteiger partial charge < -0.3 is 10.5 Å². The Morgan fingerprint density at radius 3 is 2.61 bits per heavy atom. The number of benzene rings is 2. The lowest BCUT2D eigenvalue weighted by Gasteiger charge is -2.12. The van der Waals surface area contributed by atoms with Gasteiger partial charge in [-0.25, -0.2) is 4.39 Å². The van der Waals surface area contributed by atoms with E-state index in [-0.39, 0.29) is 24.1 Å². The highest BCUT2D eigenvalue weighted by atomic mass is 19.1. The summed E-state index contributed by atoms with van der Waals surface area (Å²) in [5, 5.41) is 0. The molecule has 1 unspecified atom stereocenters. The number of ether oxygens (including phenoxy) is 1. The molecule has 2 aromatic carbocycles. The normalized spacial score (nSPS) is 16.3. The van der Waals surface area contributed by atoms with E-state index < -0.39 is 5.91 Å². The molecular weight excluding hydrogens is 297 g/mol. The Morgan fingerprint density at radius 1 is 1.26 bits per heavy atom. The van der Waals surface area contributed by atoms with Crippen molar-refractivity contribution >= 4 is 11.7 Å². The van der Waals surface area contributed by atoms with Crippen molar-refractivity contribution in [1.29, 1.82) is 0 Å². The third-order valence-electron chi connectivity index (χ3n) is 4.05. The molecule has 118 valence electrons. The molecular formula is C18H16FNO3. The second-order valence-electron chi connectivity index (χ2n) is 5.71. The molecule has 0 saturated heterocycles. The first-order valence-corrected chi connectivity index (χ1v) is 7.34. The van der Waals surface area contributed by atoms with Crippen LogP contribution in [0.1, 0.15) is 51.1 Å². The Balaban J connectivity index is 1.82. The molecule has 4 nitrogen and oxygen atoms in total. The monoisotopic (exact) mass is 313 g/mol. The molecule has 23 heavy (non-hydrogen) atoms. The molecule has 0 aliphatic heterocycles. The smallest absolute Gasteiger partial charge is 0.248 e. The molecule has 2 N–H and O–H groups in total. The van der Waals surface area contributed by atoms with Gasteiger partial charge in [0.2, 0.25) is 5.91 Å². The highest BCUT2D eigenvalue weighted by molar-refractivity contribution is 6.03. The van der Waals surface area contributed by atoms with Gasteiger partial charge in [-0.05, 0) is 35.7 Å². The second kappa shape index (κ2) is 5.83. The van der Waals surface area contributed by atoms with Gasteiger partial charge in [0.15, 0.2) is 5.78 Å². The number of nitrogens with two attached hydrogens (primary N) is 1. The lowest BCUT2D eigenvalue weighted by molar-refractivity contribution is 0.0982. The molecule has 0 fully saturated rings. The molecule has 0 heterocycles. The highest BCUT2D eigenvalue weighted by Gasteiger charge is 2.32. The van der Waals surface area contributed by atoms with Crippen molar-refractivity contribution in [3.05, 3.63) is 64.5 Å². The largest absolute Gasteiger partial charge is 0.488 e. The number of rotatable bonds is 4. The van der Waals surface area contributed by atoms with E-state index in [1.165, 1.54) is 12.1 Å². The lowest BCUT2D eigenvalue weighted by atomic mass is 10.0. The molecule has 0 spiro atoms. The van der Waals surface area contributed by atoms with Gasteiger partial charge in [0.1, 0.15) is 18.2 Å². The van der Waals surface area contributed by atoms with Gasteiger partial charge in [-0.15, -0.1) is 0 Å². The Morgan fingerprint density at radius 2 is 1.96 bits per heavy atom. The standard InChI is InChI=1S/C18H16FNO3/c1-10-8-14(21)17-15(7-6-13(19)16(10)17)23-9-11-2-4-12(5-3-11)18(20)22/h2-7,10H,8-9H2,1H3,(H2,20,22). The Bertz CT molecular complexity index is 784. The van der Waals surface area contributed by atoms with Crippen LogP contribution in [0.25, 0.3) is 0 Å². The first-order valence-electron chi connectivity index (χ1n) is 7.34. The van der Waals surface area contributed by atoms with E-state index in [4.69, 9.17) is 10.5 Å². The number of fused-ring (bicyclic) bond motifs is 1. The molecule has 5 heteroatoms. The van der Waals surface area contributed by atoms with Crippen LogP contribution in [0.5, 0.6) is 5.75 Å². The fourth-order valence-electron chi connectivity index (χ4n) is 2.87. The molecule has 0 saturated carbocycles. The minimum absolute atomic E-state index is 0.0916. The number of halogens is 1. The van der Waals surface area contributed by atoms with Crippen molar-refractivity contribution in [2.45, 2.75) is 25.9 Å². The molecule has 0 aromatic heterocycles. The molecule has 2 aromatic rings. The Hall–Kier alpha value is -2.69. The lowest BCUT2D eigenvalue weighted by Crippen LogP contribution is -2.10. The molecule has 0 radical (unpaired) electrons. The zero-order valence-electron chi connectivity index (χ0n) is 12.6. The molecule has 1 aliphatic carbocycles.